The Kier molecular flexibility index (Phi) is 6.44. The van der Waals surface area contributed by atoms with Crippen molar-refractivity contribution in [1.29, 1.82) is 0 Å². The van der Waals surface area contributed by atoms with Crippen molar-refractivity contribution in [1.82, 2.24) is 0 Å². The summed E-state index contributed by atoms with van der Waals surface area (Å²) in [6.07, 6.45) is 12.1. The summed E-state index contributed by atoms with van der Waals surface area (Å²) < 4.78 is 0. The topological polar surface area (TPSA) is 17.1 Å². The van der Waals surface area contributed by atoms with E-state index in [1.807, 2.05) is 6.08 Å². The van der Waals surface area contributed by atoms with Crippen LogP contribution in [-0.4, -0.2) is 5.78 Å². The van der Waals surface area contributed by atoms with Crippen molar-refractivity contribution in [2.24, 2.45) is 11.8 Å². The van der Waals surface area contributed by atoms with Gasteiger partial charge >= 0.3 is 0 Å². The summed E-state index contributed by atoms with van der Waals surface area (Å²) in [5.74, 6) is 1.78. The van der Waals surface area contributed by atoms with Crippen molar-refractivity contribution in [3.63, 3.8) is 0 Å². The van der Waals surface area contributed by atoms with Gasteiger partial charge in [-0.1, -0.05) is 32.3 Å². The fourth-order valence-electron chi connectivity index (χ4n) is 2.55. The lowest BCUT2D eigenvalue weighted by atomic mass is 9.80. The molecule has 0 unspecified atom stereocenters. The Labute approximate surface area is 100 Å². The van der Waals surface area contributed by atoms with E-state index in [0.717, 1.165) is 38.0 Å². The van der Waals surface area contributed by atoms with Gasteiger partial charge < -0.3 is 0 Å². The molecular formula is C15H26O. The van der Waals surface area contributed by atoms with E-state index in [0.29, 0.717) is 11.7 Å². The normalized spacial score (nSPS) is 25.3. The lowest BCUT2D eigenvalue weighted by molar-refractivity contribution is -0.124. The Morgan fingerprint density at radius 1 is 1.19 bits per heavy atom. The maximum atomic E-state index is 11.9. The molecule has 1 fully saturated rings. The van der Waals surface area contributed by atoms with Crippen molar-refractivity contribution < 1.29 is 4.79 Å². The van der Waals surface area contributed by atoms with Crippen LogP contribution in [0.4, 0.5) is 0 Å². The Bertz CT molecular complexity index is 211. The standard InChI is InChI=1S/C15H26O/c1-3-4-5-6-7-8-15(16)14-11-9-13(2)10-12-14/h3,13-14H,1,4-12H2,2H3. The summed E-state index contributed by atoms with van der Waals surface area (Å²) in [6.45, 7) is 6.01. The zero-order chi connectivity index (χ0) is 11.8. The lowest BCUT2D eigenvalue weighted by Gasteiger charge is -2.25. The average molecular weight is 222 g/mol. The first-order valence-corrected chi connectivity index (χ1v) is 6.87. The number of hydrogen-bond acceptors (Lipinski definition) is 1. The van der Waals surface area contributed by atoms with Gasteiger partial charge in [0.2, 0.25) is 0 Å². The Balaban J connectivity index is 2.08. The second-order valence-corrected chi connectivity index (χ2v) is 5.31. The van der Waals surface area contributed by atoms with Crippen LogP contribution in [0.3, 0.4) is 0 Å². The number of allylic oxidation sites excluding steroid dienone is 1. The quantitative estimate of drug-likeness (QED) is 0.457. The largest absolute Gasteiger partial charge is 0.299 e. The molecule has 0 bridgehead atoms. The van der Waals surface area contributed by atoms with Crippen LogP contribution in [0.25, 0.3) is 0 Å². The fourth-order valence-corrected chi connectivity index (χ4v) is 2.55. The van der Waals surface area contributed by atoms with Crippen LogP contribution in [0.1, 0.15) is 64.7 Å². The van der Waals surface area contributed by atoms with Crippen LogP contribution in [0.2, 0.25) is 0 Å². The molecule has 0 saturated heterocycles. The molecule has 0 radical (unpaired) electrons. The zero-order valence-corrected chi connectivity index (χ0v) is 10.7. The van der Waals surface area contributed by atoms with E-state index >= 15 is 0 Å². The number of ketones is 1. The predicted octanol–water partition coefficient (Wildman–Crippen LogP) is 4.52. The van der Waals surface area contributed by atoms with Crippen LogP contribution >= 0.6 is 0 Å². The van der Waals surface area contributed by atoms with E-state index in [4.69, 9.17) is 0 Å². The van der Waals surface area contributed by atoms with E-state index < -0.39 is 0 Å². The van der Waals surface area contributed by atoms with Crippen LogP contribution in [0.5, 0.6) is 0 Å². The molecule has 0 aromatic carbocycles. The SMILES string of the molecule is C=CCCCCCC(=O)C1CCC(C)CC1. The molecular weight excluding hydrogens is 196 g/mol. The molecule has 0 amide bonds. The summed E-state index contributed by atoms with van der Waals surface area (Å²) in [7, 11) is 0. The van der Waals surface area contributed by atoms with Gasteiger partial charge in [-0.2, -0.15) is 0 Å². The first-order chi connectivity index (χ1) is 7.74. The highest BCUT2D eigenvalue weighted by Crippen LogP contribution is 2.29. The van der Waals surface area contributed by atoms with E-state index in [-0.39, 0.29) is 0 Å². The molecule has 0 heterocycles. The van der Waals surface area contributed by atoms with Gasteiger partial charge in [0.15, 0.2) is 0 Å². The molecule has 0 atom stereocenters. The molecule has 1 heteroatoms. The van der Waals surface area contributed by atoms with E-state index in [9.17, 15) is 4.79 Å². The van der Waals surface area contributed by atoms with Crippen molar-refractivity contribution in [3.8, 4) is 0 Å². The van der Waals surface area contributed by atoms with Gasteiger partial charge in [-0.3, -0.25) is 4.79 Å². The molecule has 0 aromatic heterocycles. The minimum atomic E-state index is 0.399. The molecule has 1 nitrogen and oxygen atoms in total. The zero-order valence-electron chi connectivity index (χ0n) is 10.7. The highest BCUT2D eigenvalue weighted by Gasteiger charge is 2.23. The molecule has 1 aliphatic carbocycles. The smallest absolute Gasteiger partial charge is 0.135 e. The number of rotatable bonds is 7. The van der Waals surface area contributed by atoms with Crippen LogP contribution in [-0.2, 0) is 4.79 Å². The monoisotopic (exact) mass is 222 g/mol. The van der Waals surface area contributed by atoms with Gasteiger partial charge in [0.05, 0.1) is 0 Å². The van der Waals surface area contributed by atoms with E-state index in [1.165, 1.54) is 25.7 Å². The molecule has 92 valence electrons. The molecule has 1 saturated carbocycles. The third kappa shape index (κ3) is 4.96. The number of unbranched alkanes of at least 4 members (excludes halogenated alkanes) is 3. The molecule has 0 spiro atoms. The molecule has 0 aliphatic heterocycles. The average Bonchev–Trinajstić information content (AvgIpc) is 2.29. The van der Waals surface area contributed by atoms with Crippen molar-refractivity contribution in [3.05, 3.63) is 12.7 Å². The molecule has 1 rings (SSSR count). The Morgan fingerprint density at radius 3 is 2.50 bits per heavy atom. The number of Topliss-reactive ketones (excluding diaryl/α,β-unsaturated/α-hetero) is 1. The maximum Gasteiger partial charge on any atom is 0.135 e. The summed E-state index contributed by atoms with van der Waals surface area (Å²) in [5, 5.41) is 0. The molecule has 16 heavy (non-hydrogen) atoms. The molecule has 1 aliphatic rings. The van der Waals surface area contributed by atoms with Gasteiger partial charge in [-0.15, -0.1) is 6.58 Å². The fraction of sp³-hybridized carbons (Fsp3) is 0.800. The van der Waals surface area contributed by atoms with Gasteiger partial charge in [0, 0.05) is 12.3 Å². The predicted molar refractivity (Wildman–Crippen MR) is 69.4 cm³/mol. The summed E-state index contributed by atoms with van der Waals surface area (Å²) >= 11 is 0. The van der Waals surface area contributed by atoms with E-state index in [2.05, 4.69) is 13.5 Å². The highest BCUT2D eigenvalue weighted by molar-refractivity contribution is 5.80. The minimum Gasteiger partial charge on any atom is -0.299 e. The first kappa shape index (κ1) is 13.5. The van der Waals surface area contributed by atoms with Crippen LogP contribution in [0.15, 0.2) is 12.7 Å². The summed E-state index contributed by atoms with van der Waals surface area (Å²) in [4.78, 5) is 11.9. The van der Waals surface area contributed by atoms with Crippen LogP contribution < -0.4 is 0 Å². The second kappa shape index (κ2) is 7.65. The highest BCUT2D eigenvalue weighted by atomic mass is 16.1. The van der Waals surface area contributed by atoms with Crippen molar-refractivity contribution >= 4 is 5.78 Å². The number of hydrogen-bond donors (Lipinski definition) is 0. The van der Waals surface area contributed by atoms with Gasteiger partial charge in [0.25, 0.3) is 0 Å². The third-order valence-corrected chi connectivity index (χ3v) is 3.80. The van der Waals surface area contributed by atoms with Crippen LogP contribution in [0, 0.1) is 11.8 Å². The number of carbonyl (C=O) groups is 1. The van der Waals surface area contributed by atoms with Gasteiger partial charge in [-0.25, -0.2) is 0 Å². The summed E-state index contributed by atoms with van der Waals surface area (Å²) in [6, 6.07) is 0. The number of carbonyl (C=O) groups excluding carboxylic acids is 1. The minimum absolute atomic E-state index is 0.399. The Morgan fingerprint density at radius 2 is 1.88 bits per heavy atom. The second-order valence-electron chi connectivity index (χ2n) is 5.31. The maximum absolute atomic E-state index is 11.9. The molecule has 0 N–H and O–H groups in total. The lowest BCUT2D eigenvalue weighted by Crippen LogP contribution is -2.20. The van der Waals surface area contributed by atoms with Crippen molar-refractivity contribution in [2.45, 2.75) is 64.7 Å². The van der Waals surface area contributed by atoms with Crippen molar-refractivity contribution in [2.75, 3.05) is 0 Å². The van der Waals surface area contributed by atoms with E-state index in [1.54, 1.807) is 0 Å². The molecule has 0 aromatic rings. The third-order valence-electron chi connectivity index (χ3n) is 3.80. The van der Waals surface area contributed by atoms with Gasteiger partial charge in [0.1, 0.15) is 5.78 Å². The Hall–Kier alpha value is -0.590. The van der Waals surface area contributed by atoms with Gasteiger partial charge in [-0.05, 0) is 38.0 Å². The first-order valence-electron chi connectivity index (χ1n) is 6.87. The summed E-state index contributed by atoms with van der Waals surface area (Å²) in [5.41, 5.74) is 0.